The van der Waals surface area contributed by atoms with Crippen molar-refractivity contribution in [2.24, 2.45) is 5.92 Å². The van der Waals surface area contributed by atoms with Gasteiger partial charge in [-0.15, -0.1) is 0 Å². The second kappa shape index (κ2) is 8.80. The summed E-state index contributed by atoms with van der Waals surface area (Å²) < 4.78 is 23.7. The molecule has 25 heavy (non-hydrogen) atoms. The molecule has 6 nitrogen and oxygen atoms in total. The van der Waals surface area contributed by atoms with Gasteiger partial charge in [0, 0.05) is 6.54 Å². The van der Waals surface area contributed by atoms with Crippen LogP contribution >= 0.6 is 0 Å². The Labute approximate surface area is 147 Å². The number of nitrogens with one attached hydrogen (secondary N) is 1. The zero-order valence-corrected chi connectivity index (χ0v) is 14.8. The van der Waals surface area contributed by atoms with Gasteiger partial charge in [-0.05, 0) is 30.5 Å². The molecule has 2 unspecified atom stereocenters. The summed E-state index contributed by atoms with van der Waals surface area (Å²) in [6.07, 6.45) is -0.911. The van der Waals surface area contributed by atoms with Crippen LogP contribution in [0.1, 0.15) is 32.4 Å². The Kier molecular flexibility index (Phi) is 6.75. The Balaban J connectivity index is 2.05. The van der Waals surface area contributed by atoms with E-state index >= 15 is 0 Å². The van der Waals surface area contributed by atoms with Gasteiger partial charge in [0.15, 0.2) is 0 Å². The maximum absolute atomic E-state index is 13.1. The normalized spacial score (nSPS) is 18.8. The van der Waals surface area contributed by atoms with E-state index in [1.54, 1.807) is 24.0 Å². The Bertz CT molecular complexity index is 591. The summed E-state index contributed by atoms with van der Waals surface area (Å²) >= 11 is 0. The molecule has 2 amide bonds. The minimum atomic E-state index is -0.661. The molecule has 1 aliphatic rings. The van der Waals surface area contributed by atoms with Crippen molar-refractivity contribution >= 4 is 12.0 Å². The molecule has 2 rings (SSSR count). The SMILES string of the molecule is CCOC(=O)NC(C(=O)N1CCOC(c2ccc(F)cc2)C1)C(C)C. The van der Waals surface area contributed by atoms with E-state index in [1.807, 2.05) is 13.8 Å². The van der Waals surface area contributed by atoms with Crippen molar-refractivity contribution < 1.29 is 23.5 Å². The first-order valence-corrected chi connectivity index (χ1v) is 8.51. The number of hydrogen-bond acceptors (Lipinski definition) is 4. The van der Waals surface area contributed by atoms with Crippen LogP contribution in [0.3, 0.4) is 0 Å². The van der Waals surface area contributed by atoms with Gasteiger partial charge in [-0.2, -0.15) is 0 Å². The first-order valence-electron chi connectivity index (χ1n) is 8.51. The van der Waals surface area contributed by atoms with Gasteiger partial charge in [-0.3, -0.25) is 4.79 Å². The lowest BCUT2D eigenvalue weighted by molar-refractivity contribution is -0.142. The van der Waals surface area contributed by atoms with E-state index in [4.69, 9.17) is 9.47 Å². The van der Waals surface area contributed by atoms with Crippen LogP contribution < -0.4 is 5.32 Å². The number of amides is 2. The zero-order valence-electron chi connectivity index (χ0n) is 14.8. The highest BCUT2D eigenvalue weighted by Crippen LogP contribution is 2.23. The third kappa shape index (κ3) is 5.16. The van der Waals surface area contributed by atoms with Gasteiger partial charge in [-0.1, -0.05) is 26.0 Å². The van der Waals surface area contributed by atoms with Crippen LogP contribution in [-0.4, -0.2) is 49.2 Å². The number of carbonyl (C=O) groups excluding carboxylic acids is 2. The number of hydrogen-bond donors (Lipinski definition) is 1. The highest BCUT2D eigenvalue weighted by Gasteiger charge is 2.32. The number of benzene rings is 1. The smallest absolute Gasteiger partial charge is 0.407 e. The van der Waals surface area contributed by atoms with E-state index in [0.717, 1.165) is 5.56 Å². The molecule has 1 N–H and O–H groups in total. The fourth-order valence-corrected chi connectivity index (χ4v) is 2.74. The topological polar surface area (TPSA) is 67.9 Å². The van der Waals surface area contributed by atoms with Crippen molar-refractivity contribution in [3.05, 3.63) is 35.6 Å². The first kappa shape index (κ1) is 19.2. The molecule has 0 aromatic heterocycles. The summed E-state index contributed by atoms with van der Waals surface area (Å²) in [6, 6.07) is 5.40. The van der Waals surface area contributed by atoms with Gasteiger partial charge in [0.05, 0.1) is 19.8 Å². The molecule has 0 saturated carbocycles. The molecule has 1 aromatic rings. The summed E-state index contributed by atoms with van der Waals surface area (Å²) in [4.78, 5) is 26.2. The maximum Gasteiger partial charge on any atom is 0.407 e. The molecular weight excluding hydrogens is 327 g/mol. The molecule has 1 heterocycles. The number of ether oxygens (including phenoxy) is 2. The Morgan fingerprint density at radius 1 is 1.36 bits per heavy atom. The lowest BCUT2D eigenvalue weighted by atomic mass is 10.0. The molecule has 0 aliphatic carbocycles. The van der Waals surface area contributed by atoms with Crippen molar-refractivity contribution in [2.45, 2.75) is 32.9 Å². The Morgan fingerprint density at radius 2 is 2.04 bits per heavy atom. The van der Waals surface area contributed by atoms with E-state index in [0.29, 0.717) is 19.7 Å². The zero-order chi connectivity index (χ0) is 18.4. The van der Waals surface area contributed by atoms with Crippen LogP contribution in [-0.2, 0) is 14.3 Å². The van der Waals surface area contributed by atoms with E-state index < -0.39 is 12.1 Å². The summed E-state index contributed by atoms with van der Waals surface area (Å²) in [7, 11) is 0. The highest BCUT2D eigenvalue weighted by molar-refractivity contribution is 5.86. The average molecular weight is 352 g/mol. The van der Waals surface area contributed by atoms with Gasteiger partial charge in [-0.25, -0.2) is 9.18 Å². The highest BCUT2D eigenvalue weighted by atomic mass is 19.1. The number of alkyl carbamates (subject to hydrolysis) is 1. The van der Waals surface area contributed by atoms with Crippen molar-refractivity contribution in [3.8, 4) is 0 Å². The molecule has 0 radical (unpaired) electrons. The van der Waals surface area contributed by atoms with Gasteiger partial charge < -0.3 is 19.7 Å². The van der Waals surface area contributed by atoms with Crippen molar-refractivity contribution in [1.29, 1.82) is 0 Å². The molecule has 0 bridgehead atoms. The quantitative estimate of drug-likeness (QED) is 0.884. The second-order valence-corrected chi connectivity index (χ2v) is 6.28. The van der Waals surface area contributed by atoms with E-state index in [2.05, 4.69) is 5.32 Å². The van der Waals surface area contributed by atoms with Gasteiger partial charge in [0.2, 0.25) is 5.91 Å². The van der Waals surface area contributed by atoms with Gasteiger partial charge in [0.25, 0.3) is 0 Å². The third-order valence-electron chi connectivity index (χ3n) is 4.10. The minimum absolute atomic E-state index is 0.0796. The fourth-order valence-electron chi connectivity index (χ4n) is 2.74. The lowest BCUT2D eigenvalue weighted by Gasteiger charge is -2.36. The lowest BCUT2D eigenvalue weighted by Crippen LogP contribution is -2.54. The fraction of sp³-hybridized carbons (Fsp3) is 0.556. The monoisotopic (exact) mass is 352 g/mol. The number of morpholine rings is 1. The first-order chi connectivity index (χ1) is 11.9. The molecule has 0 spiro atoms. The largest absolute Gasteiger partial charge is 0.450 e. The summed E-state index contributed by atoms with van der Waals surface area (Å²) in [5.74, 6) is -0.562. The van der Waals surface area contributed by atoms with E-state index in [1.165, 1.54) is 12.1 Å². The van der Waals surface area contributed by atoms with Crippen molar-refractivity contribution in [2.75, 3.05) is 26.3 Å². The van der Waals surface area contributed by atoms with Crippen LogP contribution in [0, 0.1) is 11.7 Å². The van der Waals surface area contributed by atoms with Crippen LogP contribution in [0.2, 0.25) is 0 Å². The summed E-state index contributed by atoms with van der Waals surface area (Å²) in [5.41, 5.74) is 0.818. The number of carbonyl (C=O) groups is 2. The van der Waals surface area contributed by atoms with E-state index in [-0.39, 0.29) is 30.4 Å². The van der Waals surface area contributed by atoms with Gasteiger partial charge in [0.1, 0.15) is 18.0 Å². The summed E-state index contributed by atoms with van der Waals surface area (Å²) in [6.45, 7) is 6.88. The molecule has 1 aromatic carbocycles. The van der Waals surface area contributed by atoms with Crippen molar-refractivity contribution in [1.82, 2.24) is 10.2 Å². The van der Waals surface area contributed by atoms with E-state index in [9.17, 15) is 14.0 Å². The third-order valence-corrected chi connectivity index (χ3v) is 4.10. The molecule has 1 fully saturated rings. The molecule has 2 atom stereocenters. The molecule has 1 saturated heterocycles. The molecule has 7 heteroatoms. The standard InChI is InChI=1S/C18H25FN2O4/c1-4-24-18(23)20-16(12(2)3)17(22)21-9-10-25-15(11-21)13-5-7-14(19)8-6-13/h5-8,12,15-16H,4,9-11H2,1-3H3,(H,20,23). The number of rotatable bonds is 5. The Morgan fingerprint density at radius 3 is 2.64 bits per heavy atom. The van der Waals surface area contributed by atoms with Crippen LogP contribution in [0.4, 0.5) is 9.18 Å². The predicted octanol–water partition coefficient (Wildman–Crippen LogP) is 2.50. The van der Waals surface area contributed by atoms with Crippen LogP contribution in [0.15, 0.2) is 24.3 Å². The summed E-state index contributed by atoms with van der Waals surface area (Å²) in [5, 5.41) is 2.63. The average Bonchev–Trinajstić information content (AvgIpc) is 2.60. The molecule has 138 valence electrons. The second-order valence-electron chi connectivity index (χ2n) is 6.28. The Hall–Kier alpha value is -2.15. The maximum atomic E-state index is 13.1. The van der Waals surface area contributed by atoms with Crippen LogP contribution in [0.25, 0.3) is 0 Å². The molecule has 1 aliphatic heterocycles. The molecular formula is C18H25FN2O4. The van der Waals surface area contributed by atoms with Gasteiger partial charge >= 0.3 is 6.09 Å². The predicted molar refractivity (Wildman–Crippen MR) is 90.5 cm³/mol. The van der Waals surface area contributed by atoms with Crippen LogP contribution in [0.5, 0.6) is 0 Å². The number of nitrogens with zero attached hydrogens (tertiary/aromatic N) is 1. The minimum Gasteiger partial charge on any atom is -0.450 e. The number of halogens is 1. The van der Waals surface area contributed by atoms with Crippen molar-refractivity contribution in [3.63, 3.8) is 0 Å².